The Morgan fingerprint density at radius 3 is 1.81 bits per heavy atom. The molecule has 0 fully saturated rings. The lowest BCUT2D eigenvalue weighted by molar-refractivity contribution is 0.481. The third-order valence-electron chi connectivity index (χ3n) is 3.82. The maximum Gasteiger partial charge on any atom is 0.294 e. The zero-order chi connectivity index (χ0) is 22.8. The zero-order valence-corrected chi connectivity index (χ0v) is 17.9. The van der Waals surface area contributed by atoms with Crippen LogP contribution in [0.2, 0.25) is 0 Å². The lowest BCUT2D eigenvalue weighted by Crippen LogP contribution is -2.15. The molecule has 0 bridgehead atoms. The molecule has 2 aromatic carbocycles. The van der Waals surface area contributed by atoms with Crippen LogP contribution in [0.25, 0.3) is 0 Å². The minimum absolute atomic E-state index is 0.0863. The van der Waals surface area contributed by atoms with Crippen molar-refractivity contribution in [2.75, 3.05) is 29.6 Å². The summed E-state index contributed by atoms with van der Waals surface area (Å²) in [4.78, 5) is 13.8. The Morgan fingerprint density at radius 1 is 0.742 bits per heavy atom. The monoisotopic (exact) mass is 466 g/mol. The molecule has 1 heterocycles. The molecule has 31 heavy (non-hydrogen) atoms. The summed E-state index contributed by atoms with van der Waals surface area (Å²) in [6, 6.07) is 10.7. The van der Waals surface area contributed by atoms with Crippen LogP contribution in [0.4, 0.5) is 29.2 Å². The predicted octanol–water partition coefficient (Wildman–Crippen LogP) is 1.92. The molecular formula is C17H18N6O6S2. The van der Waals surface area contributed by atoms with E-state index in [9.17, 15) is 21.4 Å². The van der Waals surface area contributed by atoms with Gasteiger partial charge < -0.3 is 15.5 Å². The third kappa shape index (κ3) is 5.85. The summed E-state index contributed by atoms with van der Waals surface area (Å²) < 4.78 is 63.3. The Labute approximate surface area is 178 Å². The van der Waals surface area contributed by atoms with Gasteiger partial charge in [0.05, 0.1) is 9.79 Å². The normalized spacial score (nSPS) is 11.7. The molecule has 0 saturated carbocycles. The molecule has 0 unspecified atom stereocenters. The number of nitrogens with one attached hydrogen (secondary N) is 2. The van der Waals surface area contributed by atoms with Gasteiger partial charge in [0.2, 0.25) is 17.8 Å². The van der Waals surface area contributed by atoms with Crippen molar-refractivity contribution in [1.29, 1.82) is 0 Å². The fraction of sp³-hybridized carbons (Fsp3) is 0.118. The number of aromatic nitrogens is 3. The van der Waals surface area contributed by atoms with E-state index >= 15 is 0 Å². The highest BCUT2D eigenvalue weighted by Crippen LogP contribution is 2.22. The van der Waals surface area contributed by atoms with E-state index in [1.54, 1.807) is 25.1 Å². The number of rotatable bonds is 7. The van der Waals surface area contributed by atoms with Gasteiger partial charge in [0.1, 0.15) is 0 Å². The second-order valence-corrected chi connectivity index (χ2v) is 9.27. The van der Waals surface area contributed by atoms with E-state index in [0.29, 0.717) is 11.4 Å². The van der Waals surface area contributed by atoms with Crippen molar-refractivity contribution in [3.8, 4) is 0 Å². The molecule has 4 N–H and O–H groups in total. The summed E-state index contributed by atoms with van der Waals surface area (Å²) in [6.07, 6.45) is 0. The minimum atomic E-state index is -4.38. The van der Waals surface area contributed by atoms with Crippen LogP contribution >= 0.6 is 0 Å². The fourth-order valence-electron chi connectivity index (χ4n) is 2.38. The van der Waals surface area contributed by atoms with E-state index in [2.05, 4.69) is 25.6 Å². The highest BCUT2D eigenvalue weighted by atomic mass is 32.2. The molecule has 164 valence electrons. The zero-order valence-electron chi connectivity index (χ0n) is 16.3. The number of nitrogens with zero attached hydrogens (tertiary/aromatic N) is 4. The third-order valence-corrected chi connectivity index (χ3v) is 5.54. The average Bonchev–Trinajstić information content (AvgIpc) is 2.67. The second-order valence-electron chi connectivity index (χ2n) is 6.43. The first-order valence-corrected chi connectivity index (χ1v) is 11.4. The number of anilines is 5. The highest BCUT2D eigenvalue weighted by molar-refractivity contribution is 7.86. The van der Waals surface area contributed by atoms with E-state index in [-0.39, 0.29) is 27.6 Å². The van der Waals surface area contributed by atoms with Crippen LogP contribution in [0, 0.1) is 0 Å². The topological polar surface area (TPSA) is 175 Å². The van der Waals surface area contributed by atoms with Crippen LogP contribution in [0.3, 0.4) is 0 Å². The van der Waals surface area contributed by atoms with Gasteiger partial charge in [-0.3, -0.25) is 9.11 Å². The SMILES string of the molecule is CN(C)c1nc(Nc2ccc(S(=O)(=O)O)cc2)nc(Nc2cccc(S(=O)(=O)O)c2)n1. The lowest BCUT2D eigenvalue weighted by atomic mass is 10.3. The molecule has 0 saturated heterocycles. The van der Waals surface area contributed by atoms with Crippen LogP contribution in [0.1, 0.15) is 0 Å². The lowest BCUT2D eigenvalue weighted by Gasteiger charge is -2.14. The molecule has 14 heteroatoms. The molecule has 1 aromatic heterocycles. The molecule has 0 aliphatic rings. The Hall–Kier alpha value is -3.33. The molecule has 0 aliphatic carbocycles. The summed E-state index contributed by atoms with van der Waals surface area (Å²) in [5.74, 6) is 0.482. The number of benzene rings is 2. The van der Waals surface area contributed by atoms with Gasteiger partial charge in [0.25, 0.3) is 20.2 Å². The van der Waals surface area contributed by atoms with Crippen molar-refractivity contribution in [2.45, 2.75) is 9.79 Å². The van der Waals surface area contributed by atoms with Gasteiger partial charge in [-0.1, -0.05) is 6.07 Å². The molecular weight excluding hydrogens is 448 g/mol. The molecule has 12 nitrogen and oxygen atoms in total. The van der Waals surface area contributed by atoms with Gasteiger partial charge in [-0.15, -0.1) is 0 Å². The van der Waals surface area contributed by atoms with E-state index in [1.165, 1.54) is 42.5 Å². The first kappa shape index (κ1) is 22.4. The maximum atomic E-state index is 11.3. The first-order valence-electron chi connectivity index (χ1n) is 8.54. The first-order chi connectivity index (χ1) is 14.4. The highest BCUT2D eigenvalue weighted by Gasteiger charge is 2.13. The van der Waals surface area contributed by atoms with E-state index in [0.717, 1.165) is 0 Å². The van der Waals surface area contributed by atoms with Crippen molar-refractivity contribution in [3.05, 3.63) is 48.5 Å². The average molecular weight is 467 g/mol. The van der Waals surface area contributed by atoms with Crippen molar-refractivity contribution in [3.63, 3.8) is 0 Å². The fourth-order valence-corrected chi connectivity index (χ4v) is 3.39. The van der Waals surface area contributed by atoms with Gasteiger partial charge in [-0.25, -0.2) is 0 Å². The van der Waals surface area contributed by atoms with Crippen LogP contribution < -0.4 is 15.5 Å². The van der Waals surface area contributed by atoms with Crippen LogP contribution in [-0.2, 0) is 20.2 Å². The van der Waals surface area contributed by atoms with Gasteiger partial charge >= 0.3 is 0 Å². The Bertz CT molecular complexity index is 1310. The van der Waals surface area contributed by atoms with Gasteiger partial charge in [-0.2, -0.15) is 31.8 Å². The quantitative estimate of drug-likeness (QED) is 0.373. The summed E-state index contributed by atoms with van der Waals surface area (Å²) in [6.45, 7) is 0. The van der Waals surface area contributed by atoms with Gasteiger partial charge in [0.15, 0.2) is 0 Å². The molecule has 0 radical (unpaired) electrons. The van der Waals surface area contributed by atoms with Crippen molar-refractivity contribution < 1.29 is 25.9 Å². The Kier molecular flexibility index (Phi) is 6.08. The Balaban J connectivity index is 1.91. The van der Waals surface area contributed by atoms with E-state index in [4.69, 9.17) is 4.55 Å². The molecule has 0 atom stereocenters. The summed E-state index contributed by atoms with van der Waals surface area (Å²) in [5.41, 5.74) is 0.761. The molecule has 0 spiro atoms. The molecule has 0 aliphatic heterocycles. The van der Waals surface area contributed by atoms with Crippen molar-refractivity contribution in [1.82, 2.24) is 15.0 Å². The van der Waals surface area contributed by atoms with Crippen LogP contribution in [-0.4, -0.2) is 55.0 Å². The predicted molar refractivity (Wildman–Crippen MR) is 113 cm³/mol. The van der Waals surface area contributed by atoms with Crippen LogP contribution in [0.5, 0.6) is 0 Å². The number of hydrogen-bond donors (Lipinski definition) is 4. The molecule has 3 aromatic rings. The van der Waals surface area contributed by atoms with E-state index in [1.807, 2.05) is 0 Å². The maximum absolute atomic E-state index is 11.3. The Morgan fingerprint density at radius 2 is 1.29 bits per heavy atom. The summed E-state index contributed by atoms with van der Waals surface area (Å²) in [5, 5.41) is 5.75. The largest absolute Gasteiger partial charge is 0.347 e. The van der Waals surface area contributed by atoms with Gasteiger partial charge in [0, 0.05) is 25.5 Å². The van der Waals surface area contributed by atoms with Gasteiger partial charge in [-0.05, 0) is 42.5 Å². The number of hydrogen-bond acceptors (Lipinski definition) is 10. The second kappa shape index (κ2) is 8.43. The van der Waals surface area contributed by atoms with E-state index < -0.39 is 20.2 Å². The standard InChI is InChI=1S/C17H18N6O6S2/c1-23(2)17-21-15(18-11-6-8-13(9-7-11)30(24,25)26)20-16(22-17)19-12-4-3-5-14(10-12)31(27,28)29/h3-10H,1-2H3,(H,24,25,26)(H,27,28,29)(H2,18,19,20,21,22). The summed E-state index contributed by atoms with van der Waals surface area (Å²) >= 11 is 0. The van der Waals surface area contributed by atoms with Crippen molar-refractivity contribution in [2.24, 2.45) is 0 Å². The van der Waals surface area contributed by atoms with Crippen LogP contribution in [0.15, 0.2) is 58.3 Å². The smallest absolute Gasteiger partial charge is 0.294 e. The van der Waals surface area contributed by atoms with Crippen molar-refractivity contribution >= 4 is 49.5 Å². The minimum Gasteiger partial charge on any atom is -0.347 e. The molecule has 0 amide bonds. The summed E-state index contributed by atoms with van der Waals surface area (Å²) in [7, 11) is -5.27. The molecule has 3 rings (SSSR count).